The Hall–Kier alpha value is -1.13. The van der Waals surface area contributed by atoms with Crippen molar-refractivity contribution in [2.45, 2.75) is 38.6 Å². The van der Waals surface area contributed by atoms with E-state index in [0.29, 0.717) is 17.0 Å². The SMILES string of the molecule is CCNC1CCCC1Cc1cc(Cl)ccc1[N+](=O)[O-]. The monoisotopic (exact) mass is 282 g/mol. The van der Waals surface area contributed by atoms with Gasteiger partial charge >= 0.3 is 0 Å². The molecule has 1 aliphatic carbocycles. The molecule has 1 saturated carbocycles. The first kappa shape index (κ1) is 14.3. The Morgan fingerprint density at radius 1 is 1.47 bits per heavy atom. The lowest BCUT2D eigenvalue weighted by molar-refractivity contribution is -0.385. The zero-order valence-electron chi connectivity index (χ0n) is 11.1. The lowest BCUT2D eigenvalue weighted by atomic mass is 9.93. The molecule has 0 spiro atoms. The molecule has 1 aromatic carbocycles. The summed E-state index contributed by atoms with van der Waals surface area (Å²) in [6, 6.07) is 5.30. The van der Waals surface area contributed by atoms with E-state index in [1.54, 1.807) is 12.1 Å². The van der Waals surface area contributed by atoms with E-state index < -0.39 is 0 Å². The van der Waals surface area contributed by atoms with E-state index in [0.717, 1.165) is 31.4 Å². The number of nitro benzene ring substituents is 1. The largest absolute Gasteiger partial charge is 0.314 e. The molecule has 0 aliphatic heterocycles. The summed E-state index contributed by atoms with van der Waals surface area (Å²) in [4.78, 5) is 10.7. The van der Waals surface area contributed by atoms with Crippen LogP contribution in [0.5, 0.6) is 0 Å². The number of benzene rings is 1. The number of nitrogens with one attached hydrogen (secondary N) is 1. The quantitative estimate of drug-likeness (QED) is 0.663. The van der Waals surface area contributed by atoms with Crippen molar-refractivity contribution in [1.29, 1.82) is 0 Å². The van der Waals surface area contributed by atoms with Gasteiger partial charge in [0.05, 0.1) is 4.92 Å². The zero-order chi connectivity index (χ0) is 13.8. The fraction of sp³-hybridized carbons (Fsp3) is 0.571. The van der Waals surface area contributed by atoms with Crippen molar-refractivity contribution >= 4 is 17.3 Å². The highest BCUT2D eigenvalue weighted by Gasteiger charge is 2.28. The predicted molar refractivity (Wildman–Crippen MR) is 76.6 cm³/mol. The van der Waals surface area contributed by atoms with Gasteiger partial charge in [0.15, 0.2) is 0 Å². The molecule has 0 heterocycles. The zero-order valence-corrected chi connectivity index (χ0v) is 11.8. The number of hydrogen-bond acceptors (Lipinski definition) is 3. The van der Waals surface area contributed by atoms with Crippen molar-refractivity contribution in [2.24, 2.45) is 5.92 Å². The highest BCUT2D eigenvalue weighted by molar-refractivity contribution is 6.30. The number of halogens is 1. The molecule has 1 N–H and O–H groups in total. The molecule has 5 heteroatoms. The molecule has 0 radical (unpaired) electrons. The van der Waals surface area contributed by atoms with Gasteiger partial charge in [-0.15, -0.1) is 0 Å². The fourth-order valence-electron chi connectivity index (χ4n) is 2.99. The van der Waals surface area contributed by atoms with Crippen molar-refractivity contribution < 1.29 is 4.92 Å². The van der Waals surface area contributed by atoms with Crippen LogP contribution in [0, 0.1) is 16.0 Å². The third-order valence-electron chi connectivity index (χ3n) is 3.85. The summed E-state index contributed by atoms with van der Waals surface area (Å²) >= 11 is 5.97. The van der Waals surface area contributed by atoms with Crippen molar-refractivity contribution in [2.75, 3.05) is 6.54 Å². The van der Waals surface area contributed by atoms with Crippen LogP contribution >= 0.6 is 11.6 Å². The Bertz CT molecular complexity index is 465. The molecule has 104 valence electrons. The topological polar surface area (TPSA) is 55.2 Å². The second-order valence-electron chi connectivity index (χ2n) is 5.09. The van der Waals surface area contributed by atoms with Crippen LogP contribution in [0.4, 0.5) is 5.69 Å². The Morgan fingerprint density at radius 2 is 2.26 bits per heavy atom. The lowest BCUT2D eigenvalue weighted by Gasteiger charge is -2.20. The van der Waals surface area contributed by atoms with Crippen LogP contribution in [-0.4, -0.2) is 17.5 Å². The standard InChI is InChI=1S/C14H19ClN2O2/c1-2-16-13-5-3-4-10(13)8-11-9-12(15)6-7-14(11)17(18)19/h6-7,9-10,13,16H,2-5,8H2,1H3. The van der Waals surface area contributed by atoms with Gasteiger partial charge in [0.1, 0.15) is 0 Å². The molecule has 2 atom stereocenters. The molecule has 19 heavy (non-hydrogen) atoms. The van der Waals surface area contributed by atoms with E-state index in [1.165, 1.54) is 12.5 Å². The summed E-state index contributed by atoms with van der Waals surface area (Å²) in [6.07, 6.45) is 4.21. The molecule has 0 aromatic heterocycles. The summed E-state index contributed by atoms with van der Waals surface area (Å²) < 4.78 is 0. The minimum absolute atomic E-state index is 0.187. The maximum absolute atomic E-state index is 11.1. The lowest BCUT2D eigenvalue weighted by Crippen LogP contribution is -2.33. The highest BCUT2D eigenvalue weighted by atomic mass is 35.5. The molecule has 0 amide bonds. The molecular formula is C14H19ClN2O2. The third kappa shape index (κ3) is 3.45. The van der Waals surface area contributed by atoms with Crippen LogP contribution in [-0.2, 0) is 6.42 Å². The summed E-state index contributed by atoms with van der Waals surface area (Å²) in [7, 11) is 0. The molecule has 4 nitrogen and oxygen atoms in total. The molecule has 1 aliphatic rings. The van der Waals surface area contributed by atoms with Gasteiger partial charge in [0, 0.05) is 22.7 Å². The Balaban J connectivity index is 2.17. The van der Waals surface area contributed by atoms with Gasteiger partial charge in [-0.05, 0) is 43.9 Å². The van der Waals surface area contributed by atoms with Gasteiger partial charge in [0.2, 0.25) is 0 Å². The number of nitro groups is 1. The van der Waals surface area contributed by atoms with Crippen LogP contribution < -0.4 is 5.32 Å². The van der Waals surface area contributed by atoms with Crippen LogP contribution in [0.1, 0.15) is 31.7 Å². The number of rotatable bonds is 5. The molecule has 2 unspecified atom stereocenters. The van der Waals surface area contributed by atoms with Gasteiger partial charge in [-0.2, -0.15) is 0 Å². The summed E-state index contributed by atoms with van der Waals surface area (Å²) in [6.45, 7) is 3.04. The van der Waals surface area contributed by atoms with Crippen molar-refractivity contribution in [3.63, 3.8) is 0 Å². The van der Waals surface area contributed by atoms with Crippen LogP contribution in [0.15, 0.2) is 18.2 Å². The first-order chi connectivity index (χ1) is 9.11. The highest BCUT2D eigenvalue weighted by Crippen LogP contribution is 2.32. The first-order valence-corrected chi connectivity index (χ1v) is 7.15. The first-order valence-electron chi connectivity index (χ1n) is 6.78. The second kappa shape index (κ2) is 6.35. The van der Waals surface area contributed by atoms with E-state index in [9.17, 15) is 10.1 Å². The van der Waals surface area contributed by atoms with E-state index in [1.807, 2.05) is 0 Å². The van der Waals surface area contributed by atoms with E-state index in [2.05, 4.69) is 12.2 Å². The minimum Gasteiger partial charge on any atom is -0.314 e. The Morgan fingerprint density at radius 3 is 2.95 bits per heavy atom. The molecular weight excluding hydrogens is 264 g/mol. The maximum Gasteiger partial charge on any atom is 0.272 e. The fourth-order valence-corrected chi connectivity index (χ4v) is 3.18. The Kier molecular flexibility index (Phi) is 4.77. The summed E-state index contributed by atoms with van der Waals surface area (Å²) in [5.74, 6) is 0.470. The average Bonchev–Trinajstić information content (AvgIpc) is 2.77. The second-order valence-corrected chi connectivity index (χ2v) is 5.53. The molecule has 0 saturated heterocycles. The Labute approximate surface area is 118 Å². The van der Waals surface area contributed by atoms with Gasteiger partial charge in [-0.25, -0.2) is 0 Å². The number of hydrogen-bond donors (Lipinski definition) is 1. The van der Waals surface area contributed by atoms with Crippen LogP contribution in [0.2, 0.25) is 5.02 Å². The summed E-state index contributed by atoms with van der Waals surface area (Å²) in [5, 5.41) is 15.1. The normalized spacial score (nSPS) is 22.6. The van der Waals surface area contributed by atoms with E-state index in [4.69, 9.17) is 11.6 Å². The van der Waals surface area contributed by atoms with Crippen LogP contribution in [0.25, 0.3) is 0 Å². The van der Waals surface area contributed by atoms with Gasteiger partial charge < -0.3 is 5.32 Å². The van der Waals surface area contributed by atoms with Crippen molar-refractivity contribution in [1.82, 2.24) is 5.32 Å². The van der Waals surface area contributed by atoms with Gasteiger partial charge in [-0.3, -0.25) is 10.1 Å². The van der Waals surface area contributed by atoms with Gasteiger partial charge in [-0.1, -0.05) is 24.9 Å². The number of nitrogens with zero attached hydrogens (tertiary/aromatic N) is 1. The molecule has 1 aromatic rings. The molecule has 0 bridgehead atoms. The van der Waals surface area contributed by atoms with Crippen molar-refractivity contribution in [3.05, 3.63) is 38.9 Å². The van der Waals surface area contributed by atoms with Crippen LogP contribution in [0.3, 0.4) is 0 Å². The van der Waals surface area contributed by atoms with Gasteiger partial charge in [0.25, 0.3) is 5.69 Å². The smallest absolute Gasteiger partial charge is 0.272 e. The molecule has 2 rings (SSSR count). The summed E-state index contributed by atoms with van der Waals surface area (Å²) in [5.41, 5.74) is 0.943. The predicted octanol–water partition coefficient (Wildman–Crippen LogP) is 3.57. The van der Waals surface area contributed by atoms with E-state index in [-0.39, 0.29) is 10.6 Å². The maximum atomic E-state index is 11.1. The average molecular weight is 283 g/mol. The van der Waals surface area contributed by atoms with Crippen molar-refractivity contribution in [3.8, 4) is 0 Å². The minimum atomic E-state index is -0.317. The van der Waals surface area contributed by atoms with E-state index >= 15 is 0 Å². The third-order valence-corrected chi connectivity index (χ3v) is 4.08. The molecule has 1 fully saturated rings.